The van der Waals surface area contributed by atoms with Crippen molar-refractivity contribution in [2.24, 2.45) is 0 Å². The van der Waals surface area contributed by atoms with E-state index in [1.165, 1.54) is 12.1 Å². The van der Waals surface area contributed by atoms with Gasteiger partial charge in [-0.25, -0.2) is 0 Å². The van der Waals surface area contributed by atoms with Gasteiger partial charge in [-0.1, -0.05) is 23.7 Å². The van der Waals surface area contributed by atoms with Crippen molar-refractivity contribution in [3.63, 3.8) is 0 Å². The molecule has 2 aromatic rings. The second-order valence-corrected chi connectivity index (χ2v) is 5.39. The molecular formula is C17H17ClN2O3. The second-order valence-electron chi connectivity index (χ2n) is 4.96. The molecule has 120 valence electrons. The van der Waals surface area contributed by atoms with Gasteiger partial charge >= 0.3 is 0 Å². The molecule has 6 heteroatoms. The van der Waals surface area contributed by atoms with Gasteiger partial charge in [-0.15, -0.1) is 0 Å². The number of hydrogen-bond acceptors (Lipinski definition) is 3. The van der Waals surface area contributed by atoms with Crippen LogP contribution >= 0.6 is 11.6 Å². The van der Waals surface area contributed by atoms with E-state index in [1.54, 1.807) is 36.4 Å². The van der Waals surface area contributed by atoms with Gasteiger partial charge in [0.1, 0.15) is 5.75 Å². The van der Waals surface area contributed by atoms with Crippen LogP contribution in [0.2, 0.25) is 5.02 Å². The SMILES string of the molecule is O=C(Cc1ccc(O)cc1)NCCNC(=O)c1ccc(Cl)cc1. The van der Waals surface area contributed by atoms with Crippen molar-refractivity contribution in [2.45, 2.75) is 6.42 Å². The van der Waals surface area contributed by atoms with E-state index in [0.717, 1.165) is 5.56 Å². The Bertz CT molecular complexity index is 669. The highest BCUT2D eigenvalue weighted by molar-refractivity contribution is 6.30. The fourth-order valence-corrected chi connectivity index (χ4v) is 2.07. The molecule has 0 atom stereocenters. The van der Waals surface area contributed by atoms with Gasteiger partial charge in [0.05, 0.1) is 6.42 Å². The smallest absolute Gasteiger partial charge is 0.251 e. The van der Waals surface area contributed by atoms with Crippen LogP contribution in [0.1, 0.15) is 15.9 Å². The third-order valence-electron chi connectivity index (χ3n) is 3.14. The van der Waals surface area contributed by atoms with E-state index in [0.29, 0.717) is 23.7 Å². The maximum absolute atomic E-state index is 11.8. The molecule has 2 aromatic carbocycles. The fourth-order valence-electron chi connectivity index (χ4n) is 1.94. The molecule has 0 unspecified atom stereocenters. The number of rotatable bonds is 6. The van der Waals surface area contributed by atoms with E-state index in [1.807, 2.05) is 0 Å². The quantitative estimate of drug-likeness (QED) is 0.709. The zero-order chi connectivity index (χ0) is 16.7. The van der Waals surface area contributed by atoms with Crippen LogP contribution in [0.4, 0.5) is 0 Å². The molecule has 0 saturated heterocycles. The number of phenolic OH excluding ortho intramolecular Hbond substituents is 1. The molecule has 0 aliphatic rings. The van der Waals surface area contributed by atoms with E-state index >= 15 is 0 Å². The Kier molecular flexibility index (Phi) is 6.00. The van der Waals surface area contributed by atoms with Crippen LogP contribution in [0.15, 0.2) is 48.5 Å². The number of carbonyl (C=O) groups is 2. The summed E-state index contributed by atoms with van der Waals surface area (Å²) in [6, 6.07) is 13.0. The summed E-state index contributed by atoms with van der Waals surface area (Å²) in [7, 11) is 0. The lowest BCUT2D eigenvalue weighted by Crippen LogP contribution is -2.35. The van der Waals surface area contributed by atoms with Gasteiger partial charge in [0.25, 0.3) is 5.91 Å². The van der Waals surface area contributed by atoms with Crippen molar-refractivity contribution in [1.82, 2.24) is 10.6 Å². The van der Waals surface area contributed by atoms with Gasteiger partial charge in [0, 0.05) is 23.7 Å². The molecule has 0 aliphatic heterocycles. The fraction of sp³-hybridized carbons (Fsp3) is 0.176. The van der Waals surface area contributed by atoms with Crippen molar-refractivity contribution in [3.8, 4) is 5.75 Å². The molecule has 0 aliphatic carbocycles. The van der Waals surface area contributed by atoms with Crippen molar-refractivity contribution in [3.05, 3.63) is 64.7 Å². The normalized spacial score (nSPS) is 10.1. The molecule has 0 aromatic heterocycles. The molecule has 3 N–H and O–H groups in total. The van der Waals surface area contributed by atoms with Crippen LogP contribution in [0.25, 0.3) is 0 Å². The van der Waals surface area contributed by atoms with E-state index in [9.17, 15) is 14.7 Å². The van der Waals surface area contributed by atoms with E-state index in [-0.39, 0.29) is 24.0 Å². The number of carbonyl (C=O) groups excluding carboxylic acids is 2. The molecule has 0 spiro atoms. The third-order valence-corrected chi connectivity index (χ3v) is 3.39. The summed E-state index contributed by atoms with van der Waals surface area (Å²) >= 11 is 5.76. The van der Waals surface area contributed by atoms with Gasteiger partial charge in [0.15, 0.2) is 0 Å². The van der Waals surface area contributed by atoms with Gasteiger partial charge in [-0.3, -0.25) is 9.59 Å². The maximum Gasteiger partial charge on any atom is 0.251 e. The van der Waals surface area contributed by atoms with Gasteiger partial charge in [-0.05, 0) is 42.0 Å². The summed E-state index contributed by atoms with van der Waals surface area (Å²) in [5.41, 5.74) is 1.33. The number of phenols is 1. The molecule has 0 heterocycles. The standard InChI is InChI=1S/C17H17ClN2O3/c18-14-5-3-13(4-6-14)17(23)20-10-9-19-16(22)11-12-1-7-15(21)8-2-12/h1-8,21H,9-11H2,(H,19,22)(H,20,23). The van der Waals surface area contributed by atoms with Crippen molar-refractivity contribution >= 4 is 23.4 Å². The molecule has 0 saturated carbocycles. The summed E-state index contributed by atoms with van der Waals surface area (Å²) in [6.07, 6.45) is 0.228. The number of benzene rings is 2. The zero-order valence-electron chi connectivity index (χ0n) is 12.4. The highest BCUT2D eigenvalue weighted by atomic mass is 35.5. The maximum atomic E-state index is 11.8. The van der Waals surface area contributed by atoms with Crippen LogP contribution < -0.4 is 10.6 Å². The third kappa shape index (κ3) is 5.64. The highest BCUT2D eigenvalue weighted by Gasteiger charge is 2.06. The summed E-state index contributed by atoms with van der Waals surface area (Å²) in [5.74, 6) is -0.190. The first kappa shape index (κ1) is 16.8. The van der Waals surface area contributed by atoms with Crippen molar-refractivity contribution < 1.29 is 14.7 Å². The minimum absolute atomic E-state index is 0.142. The number of nitrogens with one attached hydrogen (secondary N) is 2. The minimum Gasteiger partial charge on any atom is -0.508 e. The van der Waals surface area contributed by atoms with Crippen molar-refractivity contribution in [2.75, 3.05) is 13.1 Å². The van der Waals surface area contributed by atoms with Gasteiger partial charge in [-0.2, -0.15) is 0 Å². The lowest BCUT2D eigenvalue weighted by atomic mass is 10.1. The van der Waals surface area contributed by atoms with Gasteiger partial charge in [0.2, 0.25) is 5.91 Å². The molecule has 5 nitrogen and oxygen atoms in total. The predicted octanol–water partition coefficient (Wildman–Crippen LogP) is 2.13. The summed E-state index contributed by atoms with van der Waals surface area (Å²) in [5, 5.41) is 15.2. The number of halogens is 1. The first-order valence-corrected chi connectivity index (χ1v) is 7.51. The van der Waals surface area contributed by atoms with Crippen LogP contribution in [-0.2, 0) is 11.2 Å². The molecule has 23 heavy (non-hydrogen) atoms. The first-order chi connectivity index (χ1) is 11.0. The van der Waals surface area contributed by atoms with Crippen molar-refractivity contribution in [1.29, 1.82) is 0 Å². The Morgan fingerprint density at radius 1 is 0.913 bits per heavy atom. The van der Waals surface area contributed by atoms with Crippen LogP contribution in [0, 0.1) is 0 Å². The monoisotopic (exact) mass is 332 g/mol. The van der Waals surface area contributed by atoms with E-state index in [2.05, 4.69) is 10.6 Å². The average molecular weight is 333 g/mol. The molecule has 0 bridgehead atoms. The van der Waals surface area contributed by atoms with E-state index < -0.39 is 0 Å². The van der Waals surface area contributed by atoms with Crippen LogP contribution in [0.3, 0.4) is 0 Å². The second kappa shape index (κ2) is 8.19. The number of hydrogen-bond donors (Lipinski definition) is 3. The molecule has 0 radical (unpaired) electrons. The molecule has 2 rings (SSSR count). The first-order valence-electron chi connectivity index (χ1n) is 7.13. The minimum atomic E-state index is -0.213. The van der Waals surface area contributed by atoms with Crippen LogP contribution in [-0.4, -0.2) is 30.0 Å². The highest BCUT2D eigenvalue weighted by Crippen LogP contribution is 2.10. The predicted molar refractivity (Wildman–Crippen MR) is 88.6 cm³/mol. The Morgan fingerprint density at radius 2 is 1.52 bits per heavy atom. The summed E-state index contributed by atoms with van der Waals surface area (Å²) < 4.78 is 0. The average Bonchev–Trinajstić information content (AvgIpc) is 2.54. The molecular weight excluding hydrogens is 316 g/mol. The number of aromatic hydroxyl groups is 1. The lowest BCUT2D eigenvalue weighted by molar-refractivity contribution is -0.120. The lowest BCUT2D eigenvalue weighted by Gasteiger charge is -2.07. The molecule has 0 fully saturated rings. The number of amides is 2. The molecule has 2 amide bonds. The Hall–Kier alpha value is -2.53. The Balaban J connectivity index is 1.68. The Labute approximate surface area is 139 Å². The van der Waals surface area contributed by atoms with Crippen LogP contribution in [0.5, 0.6) is 5.75 Å². The zero-order valence-corrected chi connectivity index (χ0v) is 13.1. The Morgan fingerprint density at radius 3 is 2.17 bits per heavy atom. The largest absolute Gasteiger partial charge is 0.508 e. The summed E-state index contributed by atoms with van der Waals surface area (Å²) in [6.45, 7) is 0.680. The topological polar surface area (TPSA) is 78.4 Å². The summed E-state index contributed by atoms with van der Waals surface area (Å²) in [4.78, 5) is 23.6. The van der Waals surface area contributed by atoms with E-state index in [4.69, 9.17) is 11.6 Å². The van der Waals surface area contributed by atoms with Gasteiger partial charge < -0.3 is 15.7 Å².